The molecule has 0 saturated carbocycles. The Balaban J connectivity index is 3.76. The smallest absolute Gasteiger partial charge is 0.236 e. The third-order valence-electron chi connectivity index (χ3n) is 4.01. The fourth-order valence-electron chi connectivity index (χ4n) is 2.49. The van der Waals surface area contributed by atoms with Crippen LogP contribution in [0.1, 0.15) is 66.7 Å². The van der Waals surface area contributed by atoms with Crippen LogP contribution in [0.4, 0.5) is 0 Å². The van der Waals surface area contributed by atoms with E-state index in [-0.39, 0.29) is 11.9 Å². The number of amides is 1. The molecule has 1 amide bonds. The summed E-state index contributed by atoms with van der Waals surface area (Å²) in [6.45, 7) is 14.9. The molecule has 0 aromatic rings. The topological polar surface area (TPSA) is 44.4 Å². The molecule has 0 aliphatic carbocycles. The van der Waals surface area contributed by atoms with Crippen molar-refractivity contribution in [3.05, 3.63) is 0 Å². The maximum atomic E-state index is 11.9. The number of nitrogens with one attached hydrogen (secondary N) is 2. The number of hydrogen-bond acceptors (Lipinski definition) is 3. The lowest BCUT2D eigenvalue weighted by molar-refractivity contribution is -0.122. The highest BCUT2D eigenvalue weighted by molar-refractivity contribution is 5.81. The number of hydrogen-bond donors (Lipinski definition) is 2. The van der Waals surface area contributed by atoms with E-state index in [1.165, 1.54) is 19.3 Å². The van der Waals surface area contributed by atoms with E-state index in [9.17, 15) is 4.79 Å². The van der Waals surface area contributed by atoms with Gasteiger partial charge in [-0.3, -0.25) is 4.79 Å². The molecule has 0 aliphatic heterocycles. The lowest BCUT2D eigenvalue weighted by atomic mass is 10.1. The van der Waals surface area contributed by atoms with Crippen LogP contribution in [0.3, 0.4) is 0 Å². The average Bonchev–Trinajstić information content (AvgIpc) is 2.47. The van der Waals surface area contributed by atoms with Crippen molar-refractivity contribution in [1.82, 2.24) is 15.5 Å². The largest absolute Gasteiger partial charge is 0.355 e. The van der Waals surface area contributed by atoms with Gasteiger partial charge in [-0.1, -0.05) is 33.6 Å². The summed E-state index contributed by atoms with van der Waals surface area (Å²) >= 11 is 0. The second-order valence-electron chi connectivity index (χ2n) is 5.96. The molecule has 0 fully saturated rings. The summed E-state index contributed by atoms with van der Waals surface area (Å²) in [5.41, 5.74) is 0. The quantitative estimate of drug-likeness (QED) is 0.514. The summed E-state index contributed by atoms with van der Waals surface area (Å²) in [6.07, 6.45) is 5.75. The van der Waals surface area contributed by atoms with Crippen LogP contribution in [0.2, 0.25) is 0 Å². The Morgan fingerprint density at radius 3 is 2.29 bits per heavy atom. The summed E-state index contributed by atoms with van der Waals surface area (Å²) in [6, 6.07) is 0.284. The SMILES string of the molecule is CCCCCNC(=O)C(C)NC(C)CCCN(CC)CC. The minimum Gasteiger partial charge on any atom is -0.355 e. The van der Waals surface area contributed by atoms with E-state index in [1.807, 2.05) is 6.92 Å². The standard InChI is InChI=1S/C17H37N3O/c1-6-9-10-13-18-17(21)16(5)19-15(4)12-11-14-20(7-2)8-3/h15-16,19H,6-14H2,1-5H3,(H,18,21). The predicted octanol–water partition coefficient (Wildman–Crippen LogP) is 2.78. The molecule has 0 aromatic heterocycles. The first-order valence-corrected chi connectivity index (χ1v) is 8.81. The van der Waals surface area contributed by atoms with E-state index in [0.29, 0.717) is 6.04 Å². The molecule has 0 radical (unpaired) electrons. The monoisotopic (exact) mass is 299 g/mol. The van der Waals surface area contributed by atoms with Gasteiger partial charge in [0.1, 0.15) is 0 Å². The zero-order valence-corrected chi connectivity index (χ0v) is 14.9. The fourth-order valence-corrected chi connectivity index (χ4v) is 2.49. The molecular weight excluding hydrogens is 262 g/mol. The van der Waals surface area contributed by atoms with Crippen LogP contribution in [0.15, 0.2) is 0 Å². The van der Waals surface area contributed by atoms with Gasteiger partial charge in [-0.25, -0.2) is 0 Å². The maximum Gasteiger partial charge on any atom is 0.236 e. The first-order valence-electron chi connectivity index (χ1n) is 8.81. The highest BCUT2D eigenvalue weighted by atomic mass is 16.2. The van der Waals surface area contributed by atoms with Crippen molar-refractivity contribution >= 4 is 5.91 Å². The number of nitrogens with zero attached hydrogens (tertiary/aromatic N) is 1. The second-order valence-corrected chi connectivity index (χ2v) is 5.96. The first kappa shape index (κ1) is 20.4. The summed E-state index contributed by atoms with van der Waals surface area (Å²) in [7, 11) is 0. The molecule has 2 atom stereocenters. The van der Waals surface area contributed by atoms with Crippen molar-refractivity contribution < 1.29 is 4.79 Å². The molecule has 0 aromatic carbocycles. The van der Waals surface area contributed by atoms with Gasteiger partial charge in [0.05, 0.1) is 6.04 Å². The first-order chi connectivity index (χ1) is 10.0. The minimum atomic E-state index is -0.102. The van der Waals surface area contributed by atoms with Crippen LogP contribution in [0, 0.1) is 0 Å². The third-order valence-corrected chi connectivity index (χ3v) is 4.01. The van der Waals surface area contributed by atoms with Gasteiger partial charge < -0.3 is 15.5 Å². The Bertz CT molecular complexity index is 254. The van der Waals surface area contributed by atoms with Crippen LogP contribution in [-0.2, 0) is 4.79 Å². The summed E-state index contributed by atoms with van der Waals surface area (Å²) in [5.74, 6) is 0.127. The van der Waals surface area contributed by atoms with E-state index < -0.39 is 0 Å². The van der Waals surface area contributed by atoms with Gasteiger partial charge >= 0.3 is 0 Å². The zero-order chi connectivity index (χ0) is 16.1. The molecule has 21 heavy (non-hydrogen) atoms. The molecule has 4 nitrogen and oxygen atoms in total. The van der Waals surface area contributed by atoms with Crippen molar-refractivity contribution in [2.24, 2.45) is 0 Å². The molecule has 0 heterocycles. The van der Waals surface area contributed by atoms with Crippen LogP contribution in [0.5, 0.6) is 0 Å². The number of unbranched alkanes of at least 4 members (excludes halogenated alkanes) is 2. The van der Waals surface area contributed by atoms with E-state index in [0.717, 1.165) is 39.0 Å². The molecule has 126 valence electrons. The van der Waals surface area contributed by atoms with Gasteiger partial charge in [-0.2, -0.15) is 0 Å². The molecule has 0 rings (SSSR count). The highest BCUT2D eigenvalue weighted by Gasteiger charge is 2.14. The van der Waals surface area contributed by atoms with Crippen molar-refractivity contribution in [2.75, 3.05) is 26.2 Å². The molecule has 0 aliphatic rings. The molecular formula is C17H37N3O. The van der Waals surface area contributed by atoms with Gasteiger partial charge in [0.15, 0.2) is 0 Å². The van der Waals surface area contributed by atoms with Gasteiger partial charge in [0.2, 0.25) is 5.91 Å². The number of carbonyl (C=O) groups excluding carboxylic acids is 1. The van der Waals surface area contributed by atoms with Crippen molar-refractivity contribution in [2.45, 2.75) is 78.8 Å². The number of carbonyl (C=O) groups is 1. The van der Waals surface area contributed by atoms with Crippen LogP contribution < -0.4 is 10.6 Å². The summed E-state index contributed by atoms with van der Waals surface area (Å²) in [5, 5.41) is 6.41. The van der Waals surface area contributed by atoms with Gasteiger partial charge in [0.25, 0.3) is 0 Å². The van der Waals surface area contributed by atoms with Crippen molar-refractivity contribution in [1.29, 1.82) is 0 Å². The average molecular weight is 300 g/mol. The van der Waals surface area contributed by atoms with Gasteiger partial charge in [0, 0.05) is 12.6 Å². The van der Waals surface area contributed by atoms with E-state index in [4.69, 9.17) is 0 Å². The summed E-state index contributed by atoms with van der Waals surface area (Å²) in [4.78, 5) is 14.4. The van der Waals surface area contributed by atoms with Crippen LogP contribution in [0.25, 0.3) is 0 Å². The molecule has 0 bridgehead atoms. The Morgan fingerprint density at radius 1 is 1.05 bits per heavy atom. The molecule has 2 unspecified atom stereocenters. The normalized spacial score (nSPS) is 14.2. The molecule has 2 N–H and O–H groups in total. The lowest BCUT2D eigenvalue weighted by Crippen LogP contribution is -2.46. The van der Waals surface area contributed by atoms with Gasteiger partial charge in [-0.15, -0.1) is 0 Å². The summed E-state index contributed by atoms with van der Waals surface area (Å²) < 4.78 is 0. The molecule has 0 spiro atoms. The van der Waals surface area contributed by atoms with Crippen LogP contribution in [-0.4, -0.2) is 49.1 Å². The lowest BCUT2D eigenvalue weighted by Gasteiger charge is -2.22. The van der Waals surface area contributed by atoms with E-state index in [1.54, 1.807) is 0 Å². The Hall–Kier alpha value is -0.610. The maximum absolute atomic E-state index is 11.9. The third kappa shape index (κ3) is 10.7. The Kier molecular flexibility index (Phi) is 12.7. The van der Waals surface area contributed by atoms with Crippen LogP contribution >= 0.6 is 0 Å². The Labute approximate surface area is 132 Å². The second kappa shape index (κ2) is 13.1. The zero-order valence-electron chi connectivity index (χ0n) is 14.9. The van der Waals surface area contributed by atoms with Gasteiger partial charge in [-0.05, 0) is 52.7 Å². The molecule has 4 heteroatoms. The Morgan fingerprint density at radius 2 is 1.71 bits per heavy atom. The van der Waals surface area contributed by atoms with Crippen molar-refractivity contribution in [3.8, 4) is 0 Å². The minimum absolute atomic E-state index is 0.102. The predicted molar refractivity (Wildman–Crippen MR) is 91.6 cm³/mol. The molecule has 0 saturated heterocycles. The highest BCUT2D eigenvalue weighted by Crippen LogP contribution is 2.01. The number of rotatable bonds is 13. The van der Waals surface area contributed by atoms with E-state index in [2.05, 4.69) is 43.2 Å². The van der Waals surface area contributed by atoms with E-state index >= 15 is 0 Å². The fraction of sp³-hybridized carbons (Fsp3) is 0.941. The van der Waals surface area contributed by atoms with Crippen molar-refractivity contribution in [3.63, 3.8) is 0 Å².